The van der Waals surface area contributed by atoms with Crippen LogP contribution < -0.4 is 10.6 Å². The quantitative estimate of drug-likeness (QED) is 0.752. The Morgan fingerprint density at radius 2 is 2.04 bits per heavy atom. The number of benzene rings is 1. The van der Waals surface area contributed by atoms with Crippen LogP contribution in [0.25, 0.3) is 22.4 Å². The van der Waals surface area contributed by atoms with E-state index >= 15 is 0 Å². The van der Waals surface area contributed by atoms with Gasteiger partial charge in [0.1, 0.15) is 17.0 Å². The summed E-state index contributed by atoms with van der Waals surface area (Å²) in [4.78, 5) is 11.1. The van der Waals surface area contributed by atoms with Crippen LogP contribution in [-0.2, 0) is 0 Å². The molecule has 0 aliphatic carbocycles. The molecule has 0 amide bonds. The summed E-state index contributed by atoms with van der Waals surface area (Å²) in [5.74, 6) is -1.12. The monoisotopic (exact) mass is 358 g/mol. The molecule has 4 rings (SSSR count). The minimum atomic E-state index is -0.941. The van der Waals surface area contributed by atoms with E-state index in [9.17, 15) is 8.78 Å². The van der Waals surface area contributed by atoms with Gasteiger partial charge in [-0.2, -0.15) is 5.10 Å². The van der Waals surface area contributed by atoms with Gasteiger partial charge in [-0.3, -0.25) is 5.10 Å². The number of hydrogen-bond donors (Lipinski definition) is 2. The van der Waals surface area contributed by atoms with Crippen molar-refractivity contribution < 1.29 is 8.78 Å². The molecule has 0 spiro atoms. The molecule has 0 atom stereocenters. The molecule has 1 aliphatic rings. The number of halogens is 2. The Morgan fingerprint density at radius 1 is 1.27 bits per heavy atom. The van der Waals surface area contributed by atoms with Crippen LogP contribution in [0.4, 0.5) is 14.6 Å². The number of rotatable bonds is 3. The third-order valence-corrected chi connectivity index (χ3v) is 5.25. The van der Waals surface area contributed by atoms with Gasteiger partial charge in [-0.1, -0.05) is 13.0 Å². The predicted molar refractivity (Wildman–Crippen MR) is 95.6 cm³/mol. The molecule has 1 saturated heterocycles. The maximum absolute atomic E-state index is 14.1. The van der Waals surface area contributed by atoms with Crippen LogP contribution in [0, 0.1) is 17.0 Å². The molecule has 0 saturated carbocycles. The summed E-state index contributed by atoms with van der Waals surface area (Å²) in [7, 11) is 0. The van der Waals surface area contributed by atoms with Gasteiger partial charge in [-0.25, -0.2) is 18.7 Å². The van der Waals surface area contributed by atoms with E-state index in [-0.39, 0.29) is 16.7 Å². The first-order valence-electron chi connectivity index (χ1n) is 8.61. The SMILES string of the molecule is CC1(CN)CCN(c2cnc3c(-c4cccc(F)c4F)n[nH]c3n2)CC1. The lowest BCUT2D eigenvalue weighted by Crippen LogP contribution is -2.42. The number of nitrogens with two attached hydrogens (primary N) is 1. The molecule has 26 heavy (non-hydrogen) atoms. The smallest absolute Gasteiger partial charge is 0.177 e. The van der Waals surface area contributed by atoms with Gasteiger partial charge in [0, 0.05) is 18.7 Å². The Balaban J connectivity index is 1.65. The van der Waals surface area contributed by atoms with Crippen molar-refractivity contribution in [2.24, 2.45) is 11.1 Å². The third-order valence-electron chi connectivity index (χ3n) is 5.25. The third kappa shape index (κ3) is 2.80. The van der Waals surface area contributed by atoms with E-state index in [1.807, 2.05) is 0 Å². The fourth-order valence-electron chi connectivity index (χ4n) is 3.30. The minimum Gasteiger partial charge on any atom is -0.355 e. The zero-order valence-corrected chi connectivity index (χ0v) is 14.5. The second-order valence-corrected chi connectivity index (χ2v) is 7.10. The van der Waals surface area contributed by atoms with Gasteiger partial charge in [0.25, 0.3) is 0 Å². The summed E-state index contributed by atoms with van der Waals surface area (Å²) in [6, 6.07) is 3.99. The average molecular weight is 358 g/mol. The molecule has 0 bridgehead atoms. The summed E-state index contributed by atoms with van der Waals surface area (Å²) >= 11 is 0. The summed E-state index contributed by atoms with van der Waals surface area (Å²) < 4.78 is 27.6. The lowest BCUT2D eigenvalue weighted by atomic mass is 9.80. The average Bonchev–Trinajstić information content (AvgIpc) is 3.07. The fourth-order valence-corrected chi connectivity index (χ4v) is 3.30. The van der Waals surface area contributed by atoms with Crippen LogP contribution >= 0.6 is 0 Å². The Labute approximate surface area is 149 Å². The molecule has 0 unspecified atom stereocenters. The number of aromatic amines is 1. The first kappa shape index (κ1) is 16.8. The molecule has 1 fully saturated rings. The van der Waals surface area contributed by atoms with Gasteiger partial charge in [-0.15, -0.1) is 0 Å². The van der Waals surface area contributed by atoms with Crippen LogP contribution in [0.1, 0.15) is 19.8 Å². The first-order valence-corrected chi connectivity index (χ1v) is 8.61. The van der Waals surface area contributed by atoms with Crippen molar-refractivity contribution in [2.45, 2.75) is 19.8 Å². The predicted octanol–water partition coefficient (Wildman–Crippen LogP) is 2.86. The van der Waals surface area contributed by atoms with Gasteiger partial charge >= 0.3 is 0 Å². The van der Waals surface area contributed by atoms with E-state index in [2.05, 4.69) is 32.0 Å². The molecule has 1 aliphatic heterocycles. The molecular formula is C18H20F2N6. The largest absolute Gasteiger partial charge is 0.355 e. The molecule has 1 aromatic carbocycles. The Hall–Kier alpha value is -2.61. The van der Waals surface area contributed by atoms with Gasteiger partial charge in [0.2, 0.25) is 0 Å². The van der Waals surface area contributed by atoms with Crippen LogP contribution in [0.5, 0.6) is 0 Å². The molecule has 3 aromatic rings. The molecule has 2 aromatic heterocycles. The molecule has 3 N–H and O–H groups in total. The molecule has 3 heterocycles. The Morgan fingerprint density at radius 3 is 2.77 bits per heavy atom. The second kappa shape index (κ2) is 6.28. The fraction of sp³-hybridized carbons (Fsp3) is 0.389. The van der Waals surface area contributed by atoms with Crippen molar-refractivity contribution in [1.29, 1.82) is 0 Å². The summed E-state index contributed by atoms with van der Waals surface area (Å²) in [5.41, 5.74) is 7.22. The van der Waals surface area contributed by atoms with Crippen LogP contribution in [-0.4, -0.2) is 39.8 Å². The number of anilines is 1. The molecule has 136 valence electrons. The lowest BCUT2D eigenvalue weighted by molar-refractivity contribution is 0.258. The highest BCUT2D eigenvalue weighted by atomic mass is 19.2. The van der Waals surface area contributed by atoms with E-state index < -0.39 is 11.6 Å². The highest BCUT2D eigenvalue weighted by Crippen LogP contribution is 2.32. The normalized spacial score (nSPS) is 17.0. The summed E-state index contributed by atoms with van der Waals surface area (Å²) in [5, 5.41) is 6.88. The van der Waals surface area contributed by atoms with E-state index in [0.29, 0.717) is 17.7 Å². The molecule has 8 heteroatoms. The lowest BCUT2D eigenvalue weighted by Gasteiger charge is -2.39. The standard InChI is InChI=1S/C18H20F2N6/c1-18(10-21)5-7-26(8-6-18)13-9-22-16-15(24-25-17(16)23-13)11-3-2-4-12(19)14(11)20/h2-4,9H,5-8,10,21H2,1H3,(H,23,24,25). The molecule has 0 radical (unpaired) electrons. The van der Waals surface area contributed by atoms with Crippen molar-refractivity contribution in [3.63, 3.8) is 0 Å². The number of nitrogens with zero attached hydrogens (tertiary/aromatic N) is 4. The van der Waals surface area contributed by atoms with E-state index in [1.54, 1.807) is 6.20 Å². The highest BCUT2D eigenvalue weighted by molar-refractivity contribution is 5.88. The Bertz CT molecular complexity index is 946. The van der Waals surface area contributed by atoms with Crippen molar-refractivity contribution in [1.82, 2.24) is 20.2 Å². The number of nitrogens with one attached hydrogen (secondary N) is 1. The van der Waals surface area contributed by atoms with Crippen molar-refractivity contribution in [2.75, 3.05) is 24.5 Å². The first-order chi connectivity index (χ1) is 12.5. The minimum absolute atomic E-state index is 0.0648. The topological polar surface area (TPSA) is 83.7 Å². The van der Waals surface area contributed by atoms with E-state index in [1.165, 1.54) is 12.1 Å². The Kier molecular flexibility index (Phi) is 4.07. The van der Waals surface area contributed by atoms with Gasteiger partial charge in [0.15, 0.2) is 17.3 Å². The number of hydrogen-bond acceptors (Lipinski definition) is 5. The van der Waals surface area contributed by atoms with Crippen molar-refractivity contribution in [3.8, 4) is 11.3 Å². The number of H-pyrrole nitrogens is 1. The van der Waals surface area contributed by atoms with Gasteiger partial charge < -0.3 is 10.6 Å². The molecule has 6 nitrogen and oxygen atoms in total. The zero-order valence-electron chi connectivity index (χ0n) is 14.5. The van der Waals surface area contributed by atoms with Crippen LogP contribution in [0.2, 0.25) is 0 Å². The van der Waals surface area contributed by atoms with Gasteiger partial charge in [-0.05, 0) is 36.9 Å². The van der Waals surface area contributed by atoms with Crippen molar-refractivity contribution >= 4 is 17.0 Å². The van der Waals surface area contributed by atoms with Crippen LogP contribution in [0.3, 0.4) is 0 Å². The van der Waals surface area contributed by atoms with E-state index in [0.717, 1.165) is 37.8 Å². The van der Waals surface area contributed by atoms with Crippen LogP contribution in [0.15, 0.2) is 24.4 Å². The second-order valence-electron chi connectivity index (χ2n) is 7.10. The van der Waals surface area contributed by atoms with E-state index in [4.69, 9.17) is 5.73 Å². The number of aromatic nitrogens is 4. The highest BCUT2D eigenvalue weighted by Gasteiger charge is 2.29. The van der Waals surface area contributed by atoms with Gasteiger partial charge in [0.05, 0.1) is 6.20 Å². The van der Waals surface area contributed by atoms with Crippen molar-refractivity contribution in [3.05, 3.63) is 36.0 Å². The molecular weight excluding hydrogens is 338 g/mol. The maximum atomic E-state index is 14.1. The maximum Gasteiger partial charge on any atom is 0.177 e. The summed E-state index contributed by atoms with van der Waals surface area (Å²) in [6.45, 7) is 4.59. The number of piperidine rings is 1. The number of fused-ring (bicyclic) bond motifs is 1. The zero-order chi connectivity index (χ0) is 18.3. The summed E-state index contributed by atoms with van der Waals surface area (Å²) in [6.07, 6.45) is 3.64.